The Labute approximate surface area is 69.0 Å². The molecule has 0 aliphatic carbocycles. The fraction of sp³-hybridized carbons (Fsp3) is 1.00. The highest BCUT2D eigenvalue weighted by Gasteiger charge is 2.09. The molecule has 0 rings (SSSR count). The van der Waals surface area contributed by atoms with E-state index in [2.05, 4.69) is 39.9 Å². The molecule has 0 radical (unpaired) electrons. The van der Waals surface area contributed by atoms with E-state index in [-0.39, 0.29) is 0 Å². The largest absolute Gasteiger partial charge is 0.306 e. The minimum absolute atomic E-state index is 0.391. The minimum atomic E-state index is 0.391. The Morgan fingerprint density at radius 3 is 2.10 bits per heavy atom. The van der Waals surface area contributed by atoms with Crippen molar-refractivity contribution in [3.8, 4) is 0 Å². The van der Waals surface area contributed by atoms with Gasteiger partial charge in [0.15, 0.2) is 0 Å². The fourth-order valence-electron chi connectivity index (χ4n) is 0.425. The topological polar surface area (TPSA) is 12.0 Å². The molecular formula is C8H19NS. The molecule has 1 nitrogen and oxygen atoms in total. The van der Waals surface area contributed by atoms with Crippen LogP contribution in [-0.4, -0.2) is 16.7 Å². The van der Waals surface area contributed by atoms with Crippen molar-refractivity contribution in [2.75, 3.05) is 5.88 Å². The highest BCUT2D eigenvalue weighted by atomic mass is 32.2. The van der Waals surface area contributed by atoms with Crippen LogP contribution in [0.25, 0.3) is 0 Å². The van der Waals surface area contributed by atoms with Gasteiger partial charge in [-0.2, -0.15) is 0 Å². The normalized spacial score (nSPS) is 12.6. The SMILES string of the molecule is CC(C)NCSC(C)(C)C. The Morgan fingerprint density at radius 2 is 1.80 bits per heavy atom. The van der Waals surface area contributed by atoms with E-state index in [1.54, 1.807) is 0 Å². The van der Waals surface area contributed by atoms with Gasteiger partial charge in [-0.15, -0.1) is 11.8 Å². The van der Waals surface area contributed by atoms with Crippen molar-refractivity contribution in [3.05, 3.63) is 0 Å². The van der Waals surface area contributed by atoms with Crippen LogP contribution in [0.5, 0.6) is 0 Å². The van der Waals surface area contributed by atoms with Gasteiger partial charge in [-0.25, -0.2) is 0 Å². The summed E-state index contributed by atoms with van der Waals surface area (Å²) in [5, 5.41) is 3.36. The number of hydrogen-bond acceptors (Lipinski definition) is 2. The molecule has 0 aromatic heterocycles. The molecule has 0 fully saturated rings. The van der Waals surface area contributed by atoms with Crippen LogP contribution in [0.4, 0.5) is 0 Å². The van der Waals surface area contributed by atoms with Crippen LogP contribution in [0.2, 0.25) is 0 Å². The molecule has 0 saturated heterocycles. The third-order valence-electron chi connectivity index (χ3n) is 0.997. The number of nitrogens with one attached hydrogen (secondary N) is 1. The van der Waals surface area contributed by atoms with Crippen LogP contribution in [-0.2, 0) is 0 Å². The second kappa shape index (κ2) is 4.24. The van der Waals surface area contributed by atoms with Crippen molar-refractivity contribution >= 4 is 11.8 Å². The van der Waals surface area contributed by atoms with Crippen LogP contribution >= 0.6 is 11.8 Å². The molecule has 0 bridgehead atoms. The van der Waals surface area contributed by atoms with Crippen LogP contribution < -0.4 is 5.32 Å². The van der Waals surface area contributed by atoms with Gasteiger partial charge in [0, 0.05) is 16.7 Å². The van der Waals surface area contributed by atoms with Crippen molar-refractivity contribution in [2.45, 2.75) is 45.4 Å². The lowest BCUT2D eigenvalue weighted by Gasteiger charge is -2.18. The molecule has 0 aliphatic heterocycles. The van der Waals surface area contributed by atoms with Crippen LogP contribution in [0.3, 0.4) is 0 Å². The zero-order valence-corrected chi connectivity index (χ0v) is 8.51. The molecule has 0 saturated carbocycles. The molecule has 0 aliphatic rings. The standard InChI is InChI=1S/C8H19NS/c1-7(2)9-6-10-8(3,4)5/h7,9H,6H2,1-5H3. The van der Waals surface area contributed by atoms with Gasteiger partial charge < -0.3 is 5.32 Å². The van der Waals surface area contributed by atoms with Gasteiger partial charge in [0.05, 0.1) is 0 Å². The van der Waals surface area contributed by atoms with Crippen molar-refractivity contribution in [3.63, 3.8) is 0 Å². The van der Waals surface area contributed by atoms with Crippen molar-refractivity contribution in [2.24, 2.45) is 0 Å². The Morgan fingerprint density at radius 1 is 1.30 bits per heavy atom. The Hall–Kier alpha value is 0.310. The van der Waals surface area contributed by atoms with Gasteiger partial charge in [-0.3, -0.25) is 0 Å². The Balaban J connectivity index is 3.21. The number of thioether (sulfide) groups is 1. The Bertz CT molecular complexity index is 83.7. The zero-order valence-electron chi connectivity index (χ0n) is 7.69. The molecule has 2 heteroatoms. The summed E-state index contributed by atoms with van der Waals surface area (Å²) < 4.78 is 0.391. The predicted molar refractivity (Wildman–Crippen MR) is 50.5 cm³/mol. The van der Waals surface area contributed by atoms with Crippen molar-refractivity contribution in [1.29, 1.82) is 0 Å². The molecular weight excluding hydrogens is 142 g/mol. The molecule has 0 aromatic carbocycles. The predicted octanol–water partition coefficient (Wildman–Crippen LogP) is 2.47. The number of hydrogen-bond donors (Lipinski definition) is 1. The maximum Gasteiger partial charge on any atom is 0.0425 e. The first-order valence-corrected chi connectivity index (χ1v) is 4.78. The highest BCUT2D eigenvalue weighted by molar-refractivity contribution is 8.00. The van der Waals surface area contributed by atoms with E-state index in [9.17, 15) is 0 Å². The second-order valence-electron chi connectivity index (χ2n) is 3.76. The Kier molecular flexibility index (Phi) is 4.37. The van der Waals surface area contributed by atoms with Crippen LogP contribution in [0, 0.1) is 0 Å². The van der Waals surface area contributed by atoms with Crippen molar-refractivity contribution in [1.82, 2.24) is 5.32 Å². The summed E-state index contributed by atoms with van der Waals surface area (Å²) in [6.45, 7) is 11.0. The number of rotatable bonds is 3. The lowest BCUT2D eigenvalue weighted by atomic mass is 10.3. The summed E-state index contributed by atoms with van der Waals surface area (Å²) in [4.78, 5) is 0. The van der Waals surface area contributed by atoms with Gasteiger partial charge in [0.2, 0.25) is 0 Å². The molecule has 0 unspecified atom stereocenters. The molecule has 0 spiro atoms. The van der Waals surface area contributed by atoms with E-state index in [0.717, 1.165) is 5.88 Å². The first-order valence-electron chi connectivity index (χ1n) is 3.79. The minimum Gasteiger partial charge on any atom is -0.306 e. The van der Waals surface area contributed by atoms with Gasteiger partial charge in [0.1, 0.15) is 0 Å². The second-order valence-corrected chi connectivity index (χ2v) is 5.56. The summed E-state index contributed by atoms with van der Waals surface area (Å²) in [6, 6.07) is 0.606. The van der Waals surface area contributed by atoms with Gasteiger partial charge in [0.25, 0.3) is 0 Å². The molecule has 0 amide bonds. The average molecular weight is 161 g/mol. The summed E-state index contributed by atoms with van der Waals surface area (Å²) in [5.74, 6) is 1.06. The van der Waals surface area contributed by atoms with Crippen LogP contribution in [0.15, 0.2) is 0 Å². The van der Waals surface area contributed by atoms with E-state index in [0.29, 0.717) is 10.8 Å². The van der Waals surface area contributed by atoms with Gasteiger partial charge in [-0.1, -0.05) is 34.6 Å². The van der Waals surface area contributed by atoms with Gasteiger partial charge >= 0.3 is 0 Å². The average Bonchev–Trinajstić information content (AvgIpc) is 1.59. The monoisotopic (exact) mass is 161 g/mol. The molecule has 0 atom stereocenters. The van der Waals surface area contributed by atoms with Crippen molar-refractivity contribution < 1.29 is 0 Å². The highest BCUT2D eigenvalue weighted by Crippen LogP contribution is 2.21. The van der Waals surface area contributed by atoms with E-state index >= 15 is 0 Å². The molecule has 62 valence electrons. The fourth-order valence-corrected chi connectivity index (χ4v) is 1.27. The smallest absolute Gasteiger partial charge is 0.0425 e. The molecule has 0 heterocycles. The lowest BCUT2D eigenvalue weighted by Crippen LogP contribution is -2.24. The summed E-state index contributed by atoms with van der Waals surface area (Å²) >= 11 is 1.95. The van der Waals surface area contributed by atoms with E-state index in [4.69, 9.17) is 0 Å². The quantitative estimate of drug-likeness (QED) is 0.638. The first kappa shape index (κ1) is 10.3. The maximum absolute atomic E-state index is 3.36. The third kappa shape index (κ3) is 8.31. The third-order valence-corrected chi connectivity index (χ3v) is 2.17. The summed E-state index contributed by atoms with van der Waals surface area (Å²) in [6.07, 6.45) is 0. The maximum atomic E-state index is 3.36. The van der Waals surface area contributed by atoms with E-state index in [1.807, 2.05) is 11.8 Å². The van der Waals surface area contributed by atoms with E-state index < -0.39 is 0 Å². The van der Waals surface area contributed by atoms with E-state index in [1.165, 1.54) is 0 Å². The molecule has 10 heavy (non-hydrogen) atoms. The summed E-state index contributed by atoms with van der Waals surface area (Å²) in [5.41, 5.74) is 0. The first-order chi connectivity index (χ1) is 4.42. The zero-order chi connectivity index (χ0) is 8.20. The van der Waals surface area contributed by atoms with Gasteiger partial charge in [-0.05, 0) is 0 Å². The lowest BCUT2D eigenvalue weighted by molar-refractivity contribution is 0.650. The molecule has 1 N–H and O–H groups in total. The molecule has 0 aromatic rings. The van der Waals surface area contributed by atoms with Crippen LogP contribution in [0.1, 0.15) is 34.6 Å². The summed E-state index contributed by atoms with van der Waals surface area (Å²) in [7, 11) is 0.